The molecule has 2 saturated heterocycles. The minimum atomic E-state index is 0.0202. The molecule has 84 valence electrons. The molecule has 0 aliphatic carbocycles. The number of amides is 2. The van der Waals surface area contributed by atoms with Crippen LogP contribution in [0.25, 0.3) is 0 Å². The predicted molar refractivity (Wildman–Crippen MR) is 56.1 cm³/mol. The number of imide groups is 1. The zero-order chi connectivity index (χ0) is 10.8. The van der Waals surface area contributed by atoms with Crippen molar-refractivity contribution in [2.75, 3.05) is 13.1 Å². The van der Waals surface area contributed by atoms with Crippen molar-refractivity contribution < 1.29 is 9.59 Å². The van der Waals surface area contributed by atoms with Gasteiger partial charge in [0.15, 0.2) is 0 Å². The van der Waals surface area contributed by atoms with E-state index in [9.17, 15) is 9.59 Å². The molecule has 2 aliphatic heterocycles. The van der Waals surface area contributed by atoms with E-state index in [0.29, 0.717) is 18.8 Å². The molecule has 0 aromatic heterocycles. The first-order valence-corrected chi connectivity index (χ1v) is 5.76. The van der Waals surface area contributed by atoms with Crippen LogP contribution in [0.3, 0.4) is 0 Å². The fraction of sp³-hybridized carbons (Fsp3) is 0.818. The molecule has 0 aromatic carbocycles. The van der Waals surface area contributed by atoms with Gasteiger partial charge in [-0.1, -0.05) is 6.92 Å². The van der Waals surface area contributed by atoms with Gasteiger partial charge in [-0.25, -0.2) is 0 Å². The molecule has 4 heteroatoms. The van der Waals surface area contributed by atoms with E-state index in [2.05, 4.69) is 12.2 Å². The summed E-state index contributed by atoms with van der Waals surface area (Å²) in [6.07, 6.45) is 2.84. The van der Waals surface area contributed by atoms with Crippen LogP contribution in [-0.2, 0) is 9.59 Å². The first-order chi connectivity index (χ1) is 7.20. The molecule has 0 radical (unpaired) electrons. The number of piperidine rings is 2. The minimum Gasteiger partial charge on any atom is -0.315 e. The van der Waals surface area contributed by atoms with Gasteiger partial charge < -0.3 is 5.32 Å². The van der Waals surface area contributed by atoms with Crippen molar-refractivity contribution in [1.82, 2.24) is 10.2 Å². The van der Waals surface area contributed by atoms with Crippen LogP contribution in [0.1, 0.15) is 32.6 Å². The van der Waals surface area contributed by atoms with Crippen molar-refractivity contribution in [2.45, 2.75) is 38.6 Å². The van der Waals surface area contributed by atoms with Crippen molar-refractivity contribution in [3.63, 3.8) is 0 Å². The molecule has 2 amide bonds. The summed E-state index contributed by atoms with van der Waals surface area (Å²) in [5.74, 6) is 0.468. The van der Waals surface area contributed by atoms with Crippen molar-refractivity contribution in [3.8, 4) is 0 Å². The highest BCUT2D eigenvalue weighted by atomic mass is 16.2. The average molecular weight is 210 g/mol. The van der Waals surface area contributed by atoms with E-state index in [1.165, 1.54) is 4.90 Å². The van der Waals surface area contributed by atoms with E-state index in [-0.39, 0.29) is 17.9 Å². The molecule has 2 fully saturated rings. The zero-order valence-electron chi connectivity index (χ0n) is 9.16. The van der Waals surface area contributed by atoms with Crippen molar-refractivity contribution >= 4 is 11.8 Å². The Kier molecular flexibility index (Phi) is 3.05. The SMILES string of the molecule is CC1CCNCC1N1C(=O)CCCC1=O. The average Bonchev–Trinajstić information content (AvgIpc) is 2.20. The monoisotopic (exact) mass is 210 g/mol. The Morgan fingerprint density at radius 2 is 1.93 bits per heavy atom. The fourth-order valence-corrected chi connectivity index (χ4v) is 2.46. The molecule has 2 rings (SSSR count). The molecule has 15 heavy (non-hydrogen) atoms. The number of carbonyl (C=O) groups excluding carboxylic acids is 2. The summed E-state index contributed by atoms with van der Waals surface area (Å²) in [5, 5.41) is 3.26. The Balaban J connectivity index is 2.12. The molecule has 0 spiro atoms. The highest BCUT2D eigenvalue weighted by molar-refractivity contribution is 5.97. The Morgan fingerprint density at radius 1 is 1.27 bits per heavy atom. The summed E-state index contributed by atoms with van der Waals surface area (Å²) >= 11 is 0. The highest BCUT2D eigenvalue weighted by Crippen LogP contribution is 2.23. The second kappa shape index (κ2) is 4.31. The maximum Gasteiger partial charge on any atom is 0.229 e. The van der Waals surface area contributed by atoms with Crippen LogP contribution >= 0.6 is 0 Å². The Hall–Kier alpha value is -0.900. The maximum atomic E-state index is 11.7. The number of hydrogen-bond acceptors (Lipinski definition) is 3. The van der Waals surface area contributed by atoms with E-state index in [1.807, 2.05) is 0 Å². The summed E-state index contributed by atoms with van der Waals surface area (Å²) in [5.41, 5.74) is 0. The van der Waals surface area contributed by atoms with Crippen molar-refractivity contribution in [2.24, 2.45) is 5.92 Å². The molecule has 2 heterocycles. The van der Waals surface area contributed by atoms with E-state index >= 15 is 0 Å². The molecular weight excluding hydrogens is 192 g/mol. The van der Waals surface area contributed by atoms with Gasteiger partial charge in [0.05, 0.1) is 6.04 Å². The molecule has 0 aromatic rings. The van der Waals surface area contributed by atoms with Gasteiger partial charge in [0.1, 0.15) is 0 Å². The summed E-state index contributed by atoms with van der Waals surface area (Å²) in [4.78, 5) is 25.0. The van der Waals surface area contributed by atoms with Gasteiger partial charge in [-0.15, -0.1) is 0 Å². The first kappa shape index (κ1) is 10.6. The molecule has 1 N–H and O–H groups in total. The molecule has 2 atom stereocenters. The second-order valence-corrected chi connectivity index (χ2v) is 4.55. The third-order valence-corrected chi connectivity index (χ3v) is 3.44. The van der Waals surface area contributed by atoms with Crippen LogP contribution < -0.4 is 5.32 Å². The number of carbonyl (C=O) groups is 2. The van der Waals surface area contributed by atoms with Crippen LogP contribution in [0.5, 0.6) is 0 Å². The topological polar surface area (TPSA) is 49.4 Å². The lowest BCUT2D eigenvalue weighted by molar-refractivity contribution is -0.152. The lowest BCUT2D eigenvalue weighted by Gasteiger charge is -2.39. The van der Waals surface area contributed by atoms with Crippen LogP contribution in [-0.4, -0.2) is 35.8 Å². The number of nitrogens with one attached hydrogen (secondary N) is 1. The number of rotatable bonds is 1. The normalized spacial score (nSPS) is 33.3. The summed E-state index contributed by atoms with van der Waals surface area (Å²) < 4.78 is 0. The Bertz CT molecular complexity index is 262. The third-order valence-electron chi connectivity index (χ3n) is 3.44. The third kappa shape index (κ3) is 2.04. The fourth-order valence-electron chi connectivity index (χ4n) is 2.46. The summed E-state index contributed by atoms with van der Waals surface area (Å²) in [6.45, 7) is 3.88. The second-order valence-electron chi connectivity index (χ2n) is 4.55. The van der Waals surface area contributed by atoms with Gasteiger partial charge >= 0.3 is 0 Å². The van der Waals surface area contributed by atoms with Crippen LogP contribution in [0, 0.1) is 5.92 Å². The summed E-state index contributed by atoms with van der Waals surface area (Å²) in [6, 6.07) is 0.0825. The van der Waals surface area contributed by atoms with E-state index < -0.39 is 0 Å². The van der Waals surface area contributed by atoms with Gasteiger partial charge in [0, 0.05) is 19.4 Å². The largest absolute Gasteiger partial charge is 0.315 e. The minimum absolute atomic E-state index is 0.0202. The van der Waals surface area contributed by atoms with Gasteiger partial charge in [0.2, 0.25) is 11.8 Å². The Morgan fingerprint density at radius 3 is 2.53 bits per heavy atom. The van der Waals surface area contributed by atoms with Crippen LogP contribution in [0.15, 0.2) is 0 Å². The molecule has 4 nitrogen and oxygen atoms in total. The van der Waals surface area contributed by atoms with Crippen LogP contribution in [0.2, 0.25) is 0 Å². The van der Waals surface area contributed by atoms with Gasteiger partial charge in [-0.2, -0.15) is 0 Å². The predicted octanol–water partition coefficient (Wildman–Crippen LogP) is 0.523. The highest BCUT2D eigenvalue weighted by Gasteiger charge is 2.36. The molecule has 0 saturated carbocycles. The first-order valence-electron chi connectivity index (χ1n) is 5.76. The number of hydrogen-bond donors (Lipinski definition) is 1. The molecule has 2 unspecified atom stereocenters. The van der Waals surface area contributed by atoms with E-state index in [1.54, 1.807) is 0 Å². The maximum absolute atomic E-state index is 11.7. The number of nitrogens with zero attached hydrogens (tertiary/aromatic N) is 1. The molecular formula is C11H18N2O2. The molecule has 0 bridgehead atoms. The smallest absolute Gasteiger partial charge is 0.229 e. The standard InChI is InChI=1S/C11H18N2O2/c1-8-5-6-12-7-9(8)13-10(14)3-2-4-11(13)15/h8-9,12H,2-7H2,1H3. The lowest BCUT2D eigenvalue weighted by atomic mass is 9.91. The Labute approximate surface area is 90.0 Å². The van der Waals surface area contributed by atoms with Gasteiger partial charge in [-0.3, -0.25) is 14.5 Å². The quantitative estimate of drug-likeness (QED) is 0.642. The van der Waals surface area contributed by atoms with Crippen LogP contribution in [0.4, 0.5) is 0 Å². The van der Waals surface area contributed by atoms with E-state index in [0.717, 1.165) is 25.9 Å². The molecule has 2 aliphatic rings. The summed E-state index contributed by atoms with van der Waals surface area (Å²) in [7, 11) is 0. The van der Waals surface area contributed by atoms with Crippen molar-refractivity contribution in [3.05, 3.63) is 0 Å². The lowest BCUT2D eigenvalue weighted by Crippen LogP contribution is -2.56. The number of likely N-dealkylation sites (tertiary alicyclic amines) is 1. The zero-order valence-corrected chi connectivity index (χ0v) is 9.16. The van der Waals surface area contributed by atoms with E-state index in [4.69, 9.17) is 0 Å². The van der Waals surface area contributed by atoms with Gasteiger partial charge in [-0.05, 0) is 25.3 Å². The van der Waals surface area contributed by atoms with Gasteiger partial charge in [0.25, 0.3) is 0 Å². The van der Waals surface area contributed by atoms with Crippen molar-refractivity contribution in [1.29, 1.82) is 0 Å².